The number of ether oxygens (including phenoxy) is 1. The number of fused-ring (bicyclic) bond motifs is 1. The molecule has 1 fully saturated rings. The van der Waals surface area contributed by atoms with Crippen molar-refractivity contribution in [1.29, 1.82) is 0 Å². The van der Waals surface area contributed by atoms with Crippen molar-refractivity contribution in [2.45, 2.75) is 38.4 Å². The van der Waals surface area contributed by atoms with E-state index in [1.54, 1.807) is 0 Å². The van der Waals surface area contributed by atoms with Crippen molar-refractivity contribution in [2.24, 2.45) is 0 Å². The summed E-state index contributed by atoms with van der Waals surface area (Å²) in [5.41, 5.74) is 0.837. The highest BCUT2D eigenvalue weighted by molar-refractivity contribution is 7.55. The molecule has 3 heterocycles. The first-order valence-electron chi connectivity index (χ1n) is 8.95. The number of hydrogen-bond acceptors (Lipinski definition) is 11. The summed E-state index contributed by atoms with van der Waals surface area (Å²) in [4.78, 5) is 32.7. The lowest BCUT2D eigenvalue weighted by Crippen LogP contribution is -2.33. The second kappa shape index (κ2) is 9.27. The van der Waals surface area contributed by atoms with E-state index >= 15 is 0 Å². The molecule has 2 aromatic heterocycles. The summed E-state index contributed by atoms with van der Waals surface area (Å²) in [6.45, 7) is 4.64. The molecule has 1 aliphatic rings. The molecule has 0 radical (unpaired) electrons. The molecule has 0 bridgehead atoms. The van der Waals surface area contributed by atoms with Gasteiger partial charge in [-0.3, -0.25) is 14.0 Å². The first-order valence-corrected chi connectivity index (χ1v) is 11.6. The average molecular weight is 466 g/mol. The lowest BCUT2D eigenvalue weighted by atomic mass is 10.1. The van der Waals surface area contributed by atoms with Gasteiger partial charge in [0.2, 0.25) is 0 Å². The Hall–Kier alpha value is -1.60. The monoisotopic (exact) mass is 466 g/mol. The van der Waals surface area contributed by atoms with Crippen molar-refractivity contribution in [1.82, 2.24) is 19.5 Å². The van der Waals surface area contributed by atoms with E-state index in [1.165, 1.54) is 17.2 Å². The molecule has 4 unspecified atom stereocenters. The van der Waals surface area contributed by atoms with Gasteiger partial charge in [0.15, 0.2) is 23.2 Å². The maximum Gasteiger partial charge on any atom is 0.705 e. The van der Waals surface area contributed by atoms with E-state index in [1.807, 2.05) is 18.7 Å². The van der Waals surface area contributed by atoms with Crippen LogP contribution < -0.4 is 4.90 Å². The summed E-state index contributed by atoms with van der Waals surface area (Å²) in [5, 5.41) is 20.7. The van der Waals surface area contributed by atoms with Crippen LogP contribution in [0.4, 0.5) is 5.82 Å². The summed E-state index contributed by atoms with van der Waals surface area (Å²) >= 11 is 0. The Bertz CT molecular complexity index is 955. The second-order valence-electron chi connectivity index (χ2n) is 6.32. The topological polar surface area (TPSA) is 190 Å². The molecule has 14 nitrogen and oxygen atoms in total. The predicted octanol–water partition coefficient (Wildman–Crippen LogP) is 0.0750. The molecule has 1 saturated heterocycles. The molecule has 4 N–H and O–H groups in total. The van der Waals surface area contributed by atoms with Crippen LogP contribution >= 0.6 is 16.1 Å². The number of hydrogen-bond donors (Lipinski definition) is 4. The maximum atomic E-state index is 11.5. The third-order valence-corrected chi connectivity index (χ3v) is 6.45. The third-order valence-electron chi connectivity index (χ3n) is 4.59. The molecular formula is C14H22N5O9P2+. The van der Waals surface area contributed by atoms with Crippen molar-refractivity contribution in [2.75, 3.05) is 24.6 Å². The summed E-state index contributed by atoms with van der Waals surface area (Å²) in [7, 11) is -8.22. The summed E-state index contributed by atoms with van der Waals surface area (Å²) < 4.78 is 37.6. The van der Waals surface area contributed by atoms with Crippen LogP contribution in [-0.2, 0) is 22.7 Å². The quantitative estimate of drug-likeness (QED) is 0.364. The number of aromatic nitrogens is 4. The fourth-order valence-electron chi connectivity index (χ4n) is 3.16. The third kappa shape index (κ3) is 4.67. The lowest BCUT2D eigenvalue weighted by Gasteiger charge is -2.20. The van der Waals surface area contributed by atoms with E-state index in [0.29, 0.717) is 30.1 Å². The van der Waals surface area contributed by atoms with Gasteiger partial charge in [0.25, 0.3) is 0 Å². The molecule has 166 valence electrons. The van der Waals surface area contributed by atoms with Gasteiger partial charge in [-0.1, -0.05) is 0 Å². The summed E-state index contributed by atoms with van der Waals surface area (Å²) in [6, 6.07) is 0. The van der Waals surface area contributed by atoms with E-state index in [-0.39, 0.29) is 0 Å². The molecule has 0 spiro atoms. The highest BCUT2D eigenvalue weighted by Crippen LogP contribution is 2.51. The minimum atomic E-state index is -4.84. The SMILES string of the molecule is CCN(CC)c1ncnc2c1ncn2[C@@H]1O[C@H](COP(=O)(O)O[P+](=O)O)C(O)C1O. The standard InChI is InChI=1S/C14H21N5O9P2/c1-3-18(4-2)12-9-13(16-6-15-12)19(7-17-9)14-11(21)10(20)8(27-14)5-26-30(24,25)28-29(22)23/h6-8,10-11,14,20-21H,3-5H2,1-2H3,(H-,22,23,24,25)/p+1/t8-,10?,11?,14-/m1/s1. The van der Waals surface area contributed by atoms with Crippen molar-refractivity contribution < 1.29 is 42.7 Å². The second-order valence-corrected chi connectivity index (χ2v) is 8.65. The van der Waals surface area contributed by atoms with Crippen LogP contribution in [-0.4, -0.2) is 77.5 Å². The van der Waals surface area contributed by atoms with Gasteiger partial charge in [-0.2, -0.15) is 0 Å². The van der Waals surface area contributed by atoms with Crippen LogP contribution in [0.15, 0.2) is 12.7 Å². The van der Waals surface area contributed by atoms with Crippen LogP contribution in [0.1, 0.15) is 20.1 Å². The molecule has 0 saturated carbocycles. The van der Waals surface area contributed by atoms with Crippen molar-refractivity contribution in [3.05, 3.63) is 12.7 Å². The molecule has 1 aliphatic heterocycles. The number of aliphatic hydroxyl groups excluding tert-OH is 2. The minimum Gasteiger partial charge on any atom is -0.387 e. The number of aliphatic hydroxyl groups is 2. The molecule has 3 rings (SSSR count). The number of anilines is 1. The molecule has 30 heavy (non-hydrogen) atoms. The van der Waals surface area contributed by atoms with Gasteiger partial charge >= 0.3 is 16.1 Å². The van der Waals surface area contributed by atoms with Gasteiger partial charge in [-0.25, -0.2) is 19.5 Å². The van der Waals surface area contributed by atoms with Crippen LogP contribution in [0.5, 0.6) is 0 Å². The number of nitrogens with zero attached hydrogens (tertiary/aromatic N) is 5. The van der Waals surface area contributed by atoms with Gasteiger partial charge < -0.3 is 19.8 Å². The zero-order chi connectivity index (χ0) is 22.1. The van der Waals surface area contributed by atoms with Gasteiger partial charge in [0.1, 0.15) is 24.6 Å². The van der Waals surface area contributed by atoms with Crippen LogP contribution in [0.2, 0.25) is 0 Å². The Morgan fingerprint density at radius 2 is 1.97 bits per heavy atom. The molecular weight excluding hydrogens is 444 g/mol. The maximum absolute atomic E-state index is 11.5. The van der Waals surface area contributed by atoms with Crippen molar-refractivity contribution in [3.63, 3.8) is 0 Å². The average Bonchev–Trinajstić information content (AvgIpc) is 3.23. The van der Waals surface area contributed by atoms with Crippen LogP contribution in [0.3, 0.4) is 0 Å². The van der Waals surface area contributed by atoms with Crippen molar-refractivity contribution >= 4 is 33.1 Å². The molecule has 2 aromatic rings. The molecule has 16 heteroatoms. The smallest absolute Gasteiger partial charge is 0.387 e. The Labute approximate surface area is 171 Å². The van der Waals surface area contributed by atoms with E-state index in [9.17, 15) is 24.2 Å². The minimum absolute atomic E-state index is 0.359. The number of imidazole rings is 1. The van der Waals surface area contributed by atoms with E-state index in [2.05, 4.69) is 23.8 Å². The van der Waals surface area contributed by atoms with E-state index in [0.717, 1.165) is 0 Å². The molecule has 6 atom stereocenters. The highest BCUT2D eigenvalue weighted by atomic mass is 31.2. The fraction of sp³-hybridized carbons (Fsp3) is 0.643. The first-order chi connectivity index (χ1) is 14.2. The normalized spacial score (nSPS) is 26.7. The van der Waals surface area contributed by atoms with E-state index < -0.39 is 47.2 Å². The number of phosphoric acid groups is 1. The predicted molar refractivity (Wildman–Crippen MR) is 101 cm³/mol. The summed E-state index contributed by atoms with van der Waals surface area (Å²) in [6.07, 6.45) is -2.54. The van der Waals surface area contributed by atoms with Gasteiger partial charge in [0, 0.05) is 17.7 Å². The van der Waals surface area contributed by atoms with Crippen LogP contribution in [0.25, 0.3) is 11.2 Å². The molecule has 0 aromatic carbocycles. The molecule has 0 amide bonds. The van der Waals surface area contributed by atoms with Crippen LogP contribution in [0, 0.1) is 0 Å². The largest absolute Gasteiger partial charge is 0.705 e. The Kier molecular flexibility index (Phi) is 7.13. The Morgan fingerprint density at radius 1 is 1.27 bits per heavy atom. The Morgan fingerprint density at radius 3 is 2.60 bits per heavy atom. The summed E-state index contributed by atoms with van der Waals surface area (Å²) in [5.74, 6) is 0.605. The zero-order valence-electron chi connectivity index (χ0n) is 16.0. The zero-order valence-corrected chi connectivity index (χ0v) is 17.8. The molecule has 0 aliphatic carbocycles. The lowest BCUT2D eigenvalue weighted by molar-refractivity contribution is -0.0501. The number of phosphoric ester groups is 1. The Balaban J connectivity index is 1.81. The van der Waals surface area contributed by atoms with E-state index in [4.69, 9.17) is 9.63 Å². The first kappa shape index (κ1) is 23.1. The van der Waals surface area contributed by atoms with Crippen molar-refractivity contribution in [3.8, 4) is 0 Å². The van der Waals surface area contributed by atoms with Gasteiger partial charge in [-0.15, -0.1) is 4.89 Å². The van der Waals surface area contributed by atoms with Gasteiger partial charge in [-0.05, 0) is 18.2 Å². The highest BCUT2D eigenvalue weighted by Gasteiger charge is 2.46. The fourth-order valence-corrected chi connectivity index (χ4v) is 4.39. The number of rotatable bonds is 9. The van der Waals surface area contributed by atoms with Gasteiger partial charge in [0.05, 0.1) is 12.9 Å².